The molecule has 0 radical (unpaired) electrons. The van der Waals surface area contributed by atoms with Gasteiger partial charge < -0.3 is 5.32 Å². The first-order chi connectivity index (χ1) is 8.29. The van der Waals surface area contributed by atoms with Gasteiger partial charge in [0.15, 0.2) is 0 Å². The molecule has 17 heavy (non-hydrogen) atoms. The molecule has 1 atom stereocenters. The van der Waals surface area contributed by atoms with Gasteiger partial charge in [-0.15, -0.1) is 0 Å². The Hall–Kier alpha value is -1.94. The summed E-state index contributed by atoms with van der Waals surface area (Å²) < 4.78 is 1.70. The van der Waals surface area contributed by atoms with Crippen LogP contribution in [0.15, 0.2) is 43.5 Å². The van der Waals surface area contributed by atoms with Crippen LogP contribution in [0.5, 0.6) is 0 Å². The Morgan fingerprint density at radius 1 is 1.53 bits per heavy atom. The molecule has 0 aliphatic heterocycles. The SMILES string of the molecule is C=Cn1cc(CN[C@@H](C)c2cccnc2)cn1. The summed E-state index contributed by atoms with van der Waals surface area (Å²) in [6.07, 6.45) is 9.13. The number of pyridine rings is 1. The molecule has 0 aliphatic carbocycles. The van der Waals surface area contributed by atoms with Crippen LogP contribution in [0.4, 0.5) is 0 Å². The van der Waals surface area contributed by atoms with E-state index in [1.807, 2.05) is 24.7 Å². The molecule has 0 aromatic carbocycles. The van der Waals surface area contributed by atoms with Crippen molar-refractivity contribution in [3.05, 3.63) is 54.6 Å². The van der Waals surface area contributed by atoms with E-state index in [0.717, 1.165) is 12.1 Å². The quantitative estimate of drug-likeness (QED) is 0.853. The normalized spacial score (nSPS) is 12.3. The van der Waals surface area contributed by atoms with Crippen molar-refractivity contribution < 1.29 is 0 Å². The maximum atomic E-state index is 4.13. The van der Waals surface area contributed by atoms with Crippen molar-refractivity contribution in [3.63, 3.8) is 0 Å². The Kier molecular flexibility index (Phi) is 3.67. The Morgan fingerprint density at radius 2 is 2.41 bits per heavy atom. The second-order valence-electron chi connectivity index (χ2n) is 3.90. The van der Waals surface area contributed by atoms with Gasteiger partial charge in [0.2, 0.25) is 0 Å². The van der Waals surface area contributed by atoms with Crippen LogP contribution < -0.4 is 5.32 Å². The molecule has 0 spiro atoms. The van der Waals surface area contributed by atoms with Crippen LogP contribution in [-0.2, 0) is 6.54 Å². The predicted octanol–water partition coefficient (Wildman–Crippen LogP) is 2.23. The van der Waals surface area contributed by atoms with E-state index in [1.165, 1.54) is 5.56 Å². The minimum Gasteiger partial charge on any atom is -0.306 e. The molecule has 0 saturated carbocycles. The van der Waals surface area contributed by atoms with Crippen LogP contribution in [0, 0.1) is 0 Å². The highest BCUT2D eigenvalue weighted by molar-refractivity contribution is 5.18. The summed E-state index contributed by atoms with van der Waals surface area (Å²) in [5.41, 5.74) is 2.32. The summed E-state index contributed by atoms with van der Waals surface area (Å²) in [4.78, 5) is 4.11. The molecule has 0 amide bonds. The average molecular weight is 228 g/mol. The lowest BCUT2D eigenvalue weighted by Gasteiger charge is -2.12. The van der Waals surface area contributed by atoms with Crippen LogP contribution >= 0.6 is 0 Å². The van der Waals surface area contributed by atoms with Gasteiger partial charge in [0.05, 0.1) is 6.20 Å². The summed E-state index contributed by atoms with van der Waals surface area (Å²) in [6.45, 7) is 6.56. The molecule has 2 aromatic rings. The summed E-state index contributed by atoms with van der Waals surface area (Å²) in [5, 5.41) is 7.56. The zero-order valence-corrected chi connectivity index (χ0v) is 9.87. The number of nitrogens with zero attached hydrogens (tertiary/aromatic N) is 3. The molecule has 0 fully saturated rings. The molecule has 4 nitrogen and oxygen atoms in total. The van der Waals surface area contributed by atoms with E-state index in [1.54, 1.807) is 17.1 Å². The maximum Gasteiger partial charge on any atom is 0.0538 e. The lowest BCUT2D eigenvalue weighted by molar-refractivity contribution is 0.573. The molecule has 2 heterocycles. The van der Waals surface area contributed by atoms with Gasteiger partial charge in [-0.25, -0.2) is 4.68 Å². The summed E-state index contributed by atoms with van der Waals surface area (Å²) in [5.74, 6) is 0. The van der Waals surface area contributed by atoms with E-state index in [-0.39, 0.29) is 6.04 Å². The van der Waals surface area contributed by atoms with E-state index in [4.69, 9.17) is 0 Å². The van der Waals surface area contributed by atoms with E-state index in [2.05, 4.69) is 35.0 Å². The first-order valence-corrected chi connectivity index (χ1v) is 5.58. The molecule has 0 aliphatic rings. The molecular formula is C13H16N4. The fourth-order valence-corrected chi connectivity index (χ4v) is 1.59. The van der Waals surface area contributed by atoms with Crippen molar-refractivity contribution >= 4 is 6.20 Å². The summed E-state index contributed by atoms with van der Waals surface area (Å²) >= 11 is 0. The van der Waals surface area contributed by atoms with Crippen LogP contribution in [0.1, 0.15) is 24.1 Å². The zero-order valence-electron chi connectivity index (χ0n) is 9.87. The van der Waals surface area contributed by atoms with Gasteiger partial charge in [0.1, 0.15) is 0 Å². The van der Waals surface area contributed by atoms with Crippen molar-refractivity contribution in [2.45, 2.75) is 19.5 Å². The lowest BCUT2D eigenvalue weighted by Crippen LogP contribution is -2.17. The third-order valence-corrected chi connectivity index (χ3v) is 2.64. The third-order valence-electron chi connectivity index (χ3n) is 2.64. The smallest absolute Gasteiger partial charge is 0.0538 e. The molecule has 88 valence electrons. The van der Waals surface area contributed by atoms with E-state index in [9.17, 15) is 0 Å². The van der Waals surface area contributed by atoms with Crippen molar-refractivity contribution in [2.75, 3.05) is 0 Å². The summed E-state index contributed by atoms with van der Waals surface area (Å²) in [6, 6.07) is 4.29. The Morgan fingerprint density at radius 3 is 3.06 bits per heavy atom. The topological polar surface area (TPSA) is 42.7 Å². The highest BCUT2D eigenvalue weighted by atomic mass is 15.2. The second kappa shape index (κ2) is 5.41. The standard InChI is InChI=1S/C13H16N4/c1-3-17-10-12(8-16-17)7-15-11(2)13-5-4-6-14-9-13/h3-6,8-11,15H,1,7H2,2H3/t11-/m0/s1. The van der Waals surface area contributed by atoms with E-state index < -0.39 is 0 Å². The van der Waals surface area contributed by atoms with Crippen molar-refractivity contribution in [2.24, 2.45) is 0 Å². The van der Waals surface area contributed by atoms with Crippen LogP contribution in [0.2, 0.25) is 0 Å². The highest BCUT2D eigenvalue weighted by Crippen LogP contribution is 2.10. The monoisotopic (exact) mass is 228 g/mol. The fraction of sp³-hybridized carbons (Fsp3) is 0.231. The molecule has 0 unspecified atom stereocenters. The van der Waals surface area contributed by atoms with Crippen LogP contribution in [0.3, 0.4) is 0 Å². The Bertz CT molecular complexity index is 475. The number of aromatic nitrogens is 3. The van der Waals surface area contributed by atoms with Gasteiger partial charge in [-0.3, -0.25) is 4.98 Å². The predicted molar refractivity (Wildman–Crippen MR) is 68.1 cm³/mol. The lowest BCUT2D eigenvalue weighted by atomic mass is 10.1. The molecule has 1 N–H and O–H groups in total. The maximum absolute atomic E-state index is 4.13. The van der Waals surface area contributed by atoms with Crippen LogP contribution in [-0.4, -0.2) is 14.8 Å². The van der Waals surface area contributed by atoms with Gasteiger partial charge in [0.25, 0.3) is 0 Å². The number of hydrogen-bond acceptors (Lipinski definition) is 3. The van der Waals surface area contributed by atoms with Gasteiger partial charge in [-0.05, 0) is 18.6 Å². The van der Waals surface area contributed by atoms with Gasteiger partial charge in [-0.2, -0.15) is 5.10 Å². The minimum atomic E-state index is 0.274. The molecule has 4 heteroatoms. The highest BCUT2D eigenvalue weighted by Gasteiger charge is 2.05. The van der Waals surface area contributed by atoms with Gasteiger partial charge in [-0.1, -0.05) is 12.6 Å². The Balaban J connectivity index is 1.92. The van der Waals surface area contributed by atoms with Crippen LogP contribution in [0.25, 0.3) is 6.20 Å². The molecule has 0 saturated heterocycles. The first-order valence-electron chi connectivity index (χ1n) is 5.58. The van der Waals surface area contributed by atoms with Crippen molar-refractivity contribution in [3.8, 4) is 0 Å². The molecule has 0 bridgehead atoms. The molecular weight excluding hydrogens is 212 g/mol. The first kappa shape index (κ1) is 11.5. The van der Waals surface area contributed by atoms with Gasteiger partial charge >= 0.3 is 0 Å². The van der Waals surface area contributed by atoms with Gasteiger partial charge in [0, 0.05) is 42.9 Å². The van der Waals surface area contributed by atoms with E-state index in [0.29, 0.717) is 0 Å². The fourth-order valence-electron chi connectivity index (χ4n) is 1.59. The average Bonchev–Trinajstić information content (AvgIpc) is 2.85. The number of nitrogens with one attached hydrogen (secondary N) is 1. The minimum absolute atomic E-state index is 0.274. The second-order valence-corrected chi connectivity index (χ2v) is 3.90. The van der Waals surface area contributed by atoms with Crippen molar-refractivity contribution in [1.29, 1.82) is 0 Å². The molecule has 2 rings (SSSR count). The number of rotatable bonds is 5. The number of hydrogen-bond donors (Lipinski definition) is 1. The van der Waals surface area contributed by atoms with Crippen molar-refractivity contribution in [1.82, 2.24) is 20.1 Å². The zero-order chi connectivity index (χ0) is 12.1. The largest absolute Gasteiger partial charge is 0.306 e. The third kappa shape index (κ3) is 3.01. The Labute approximate surface area is 101 Å². The molecule has 2 aromatic heterocycles. The van der Waals surface area contributed by atoms with E-state index >= 15 is 0 Å². The summed E-state index contributed by atoms with van der Waals surface area (Å²) in [7, 11) is 0.